The van der Waals surface area contributed by atoms with Crippen LogP contribution < -0.4 is 5.32 Å². The molecule has 1 atom stereocenters. The van der Waals surface area contributed by atoms with Crippen molar-refractivity contribution in [2.24, 2.45) is 0 Å². The summed E-state index contributed by atoms with van der Waals surface area (Å²) in [5.41, 5.74) is 0.0325. The van der Waals surface area contributed by atoms with Gasteiger partial charge in [-0.1, -0.05) is 17.8 Å². The highest BCUT2D eigenvalue weighted by Gasteiger charge is 2.31. The van der Waals surface area contributed by atoms with Crippen LogP contribution in [0.2, 0.25) is 0 Å². The summed E-state index contributed by atoms with van der Waals surface area (Å²) < 4.78 is 4.52. The Hall–Kier alpha value is -3.06. The predicted octanol–water partition coefficient (Wildman–Crippen LogP) is 1.55. The summed E-state index contributed by atoms with van der Waals surface area (Å²) in [5, 5.41) is 32.7. The highest BCUT2D eigenvalue weighted by atomic mass is 32.2. The van der Waals surface area contributed by atoms with Gasteiger partial charge in [-0.15, -0.1) is 0 Å². The largest absolute Gasteiger partial charge is 0.502 e. The topological polar surface area (TPSA) is 143 Å². The molecule has 0 aromatic heterocycles. The number of nitrogens with one attached hydrogen (secondary N) is 1. The molecule has 0 saturated heterocycles. The lowest BCUT2D eigenvalue weighted by atomic mass is 9.87. The number of carbonyl (C=O) groups excluding carboxylic acids is 2. The summed E-state index contributed by atoms with van der Waals surface area (Å²) in [6, 6.07) is 5.70. The Morgan fingerprint density at radius 1 is 1.60 bits per heavy atom. The van der Waals surface area contributed by atoms with E-state index in [4.69, 9.17) is 0 Å². The third-order valence-electron chi connectivity index (χ3n) is 3.52. The van der Waals surface area contributed by atoms with Gasteiger partial charge in [-0.25, -0.2) is 0 Å². The number of ether oxygens (including phenoxy) is 1. The lowest BCUT2D eigenvalue weighted by Gasteiger charge is -2.24. The summed E-state index contributed by atoms with van der Waals surface area (Å²) in [6.45, 7) is 0. The Balaban J connectivity index is 2.43. The summed E-state index contributed by atoms with van der Waals surface area (Å²) in [7, 11) is 1.22. The van der Waals surface area contributed by atoms with Gasteiger partial charge < -0.3 is 15.2 Å². The summed E-state index contributed by atoms with van der Waals surface area (Å²) >= 11 is 0.946. The van der Waals surface area contributed by atoms with Gasteiger partial charge in [0, 0.05) is 18.4 Å². The van der Waals surface area contributed by atoms with Crippen LogP contribution in [0.3, 0.4) is 0 Å². The molecular formula is C15H13N3O6S. The van der Waals surface area contributed by atoms with Gasteiger partial charge in [-0.2, -0.15) is 5.26 Å². The number of nitrogens with zero attached hydrogens (tertiary/aromatic N) is 2. The van der Waals surface area contributed by atoms with Crippen LogP contribution in [0.4, 0.5) is 5.69 Å². The average Bonchev–Trinajstić information content (AvgIpc) is 2.59. The van der Waals surface area contributed by atoms with Crippen LogP contribution in [0.1, 0.15) is 17.9 Å². The van der Waals surface area contributed by atoms with Crippen molar-refractivity contribution >= 4 is 29.3 Å². The number of hydrogen-bond donors (Lipinski definition) is 2. The highest BCUT2D eigenvalue weighted by molar-refractivity contribution is 8.03. The molecule has 1 aromatic carbocycles. The number of benzene rings is 1. The van der Waals surface area contributed by atoms with Crippen molar-refractivity contribution in [3.63, 3.8) is 0 Å². The van der Waals surface area contributed by atoms with E-state index in [9.17, 15) is 30.1 Å². The van der Waals surface area contributed by atoms with E-state index in [1.807, 2.05) is 6.07 Å². The molecule has 2 rings (SSSR count). The smallest absolute Gasteiger partial charge is 0.316 e. The number of phenols is 1. The molecule has 0 unspecified atom stereocenters. The van der Waals surface area contributed by atoms with E-state index in [1.165, 1.54) is 13.2 Å². The number of phenolic OH excluding ortho intramolecular Hbond substituents is 1. The number of allylic oxidation sites excluding steroid dienone is 1. The lowest BCUT2D eigenvalue weighted by molar-refractivity contribution is -0.385. The number of amides is 1. The number of methoxy groups -OCH3 is 1. The Morgan fingerprint density at radius 2 is 2.32 bits per heavy atom. The van der Waals surface area contributed by atoms with Gasteiger partial charge in [0.2, 0.25) is 5.91 Å². The zero-order valence-electron chi connectivity index (χ0n) is 13.0. The van der Waals surface area contributed by atoms with Crippen LogP contribution in [0.25, 0.3) is 0 Å². The maximum Gasteiger partial charge on any atom is 0.316 e. The molecule has 130 valence electrons. The van der Waals surface area contributed by atoms with Crippen LogP contribution in [0.5, 0.6) is 5.75 Å². The van der Waals surface area contributed by atoms with Gasteiger partial charge in [-0.05, 0) is 11.6 Å². The zero-order valence-corrected chi connectivity index (χ0v) is 13.8. The van der Waals surface area contributed by atoms with E-state index >= 15 is 0 Å². The zero-order chi connectivity index (χ0) is 18.6. The molecule has 0 radical (unpaired) electrons. The Labute approximate surface area is 146 Å². The maximum atomic E-state index is 12.0. The van der Waals surface area contributed by atoms with Gasteiger partial charge in [0.1, 0.15) is 0 Å². The van der Waals surface area contributed by atoms with Crippen LogP contribution in [0.15, 0.2) is 28.8 Å². The van der Waals surface area contributed by atoms with Gasteiger partial charge in [0.15, 0.2) is 5.75 Å². The summed E-state index contributed by atoms with van der Waals surface area (Å²) in [4.78, 5) is 33.5. The minimum atomic E-state index is -0.746. The van der Waals surface area contributed by atoms with E-state index in [0.29, 0.717) is 5.56 Å². The first kappa shape index (κ1) is 18.3. The second-order valence-electron chi connectivity index (χ2n) is 5.03. The standard InChI is InChI=1S/C15H13N3O6S/c1-24-14(21)7-25-15-10(6-16)9(5-13(20)17-15)8-2-3-12(19)11(4-8)18(22)23/h2-4,9,19H,5,7H2,1H3,(H,17,20)/t9-/m1/s1. The molecule has 2 N–H and O–H groups in total. The van der Waals surface area contributed by atoms with Crippen molar-refractivity contribution in [1.82, 2.24) is 5.32 Å². The molecule has 9 nitrogen and oxygen atoms in total. The predicted molar refractivity (Wildman–Crippen MR) is 87.4 cm³/mol. The molecule has 1 aliphatic heterocycles. The van der Waals surface area contributed by atoms with E-state index in [0.717, 1.165) is 23.9 Å². The normalized spacial score (nSPS) is 16.8. The molecule has 0 bridgehead atoms. The van der Waals surface area contributed by atoms with E-state index < -0.39 is 28.2 Å². The number of esters is 1. The fourth-order valence-corrected chi connectivity index (χ4v) is 3.22. The molecule has 0 aliphatic carbocycles. The number of thioether (sulfide) groups is 1. The molecule has 0 saturated carbocycles. The van der Waals surface area contributed by atoms with Crippen LogP contribution in [-0.2, 0) is 14.3 Å². The summed E-state index contributed by atoms with van der Waals surface area (Å²) in [5.74, 6) is -2.21. The van der Waals surface area contributed by atoms with Crippen molar-refractivity contribution in [3.8, 4) is 11.8 Å². The first-order valence-corrected chi connectivity index (χ1v) is 7.97. The first-order chi connectivity index (χ1) is 11.9. The fourth-order valence-electron chi connectivity index (χ4n) is 2.31. The number of carbonyl (C=O) groups is 2. The summed E-state index contributed by atoms with van der Waals surface area (Å²) in [6.07, 6.45) is -0.0763. The minimum absolute atomic E-state index is 0.0763. The third kappa shape index (κ3) is 4.07. The van der Waals surface area contributed by atoms with Crippen molar-refractivity contribution in [3.05, 3.63) is 44.5 Å². The third-order valence-corrected chi connectivity index (χ3v) is 4.51. The molecule has 0 spiro atoms. The van der Waals surface area contributed by atoms with Crippen molar-refractivity contribution in [2.45, 2.75) is 12.3 Å². The van der Waals surface area contributed by atoms with Gasteiger partial charge in [-0.3, -0.25) is 19.7 Å². The number of aromatic hydroxyl groups is 1. The van der Waals surface area contributed by atoms with Gasteiger partial charge in [0.05, 0.1) is 34.5 Å². The quantitative estimate of drug-likeness (QED) is 0.456. The highest BCUT2D eigenvalue weighted by Crippen LogP contribution is 2.38. The van der Waals surface area contributed by atoms with Gasteiger partial charge >= 0.3 is 11.7 Å². The molecule has 1 heterocycles. The molecule has 25 heavy (non-hydrogen) atoms. The fraction of sp³-hybridized carbons (Fsp3) is 0.267. The van der Waals surface area contributed by atoms with Crippen molar-refractivity contribution in [2.75, 3.05) is 12.9 Å². The monoisotopic (exact) mass is 363 g/mol. The Morgan fingerprint density at radius 3 is 2.92 bits per heavy atom. The molecule has 1 amide bonds. The second kappa shape index (κ2) is 7.67. The van der Waals surface area contributed by atoms with Gasteiger partial charge in [0.25, 0.3) is 0 Å². The molecular weight excluding hydrogens is 350 g/mol. The maximum absolute atomic E-state index is 12.0. The van der Waals surface area contributed by atoms with Crippen LogP contribution >= 0.6 is 11.8 Å². The number of rotatable bonds is 5. The van der Waals surface area contributed by atoms with Crippen LogP contribution in [-0.4, -0.2) is 34.8 Å². The van der Waals surface area contributed by atoms with E-state index in [-0.39, 0.29) is 28.7 Å². The second-order valence-corrected chi connectivity index (χ2v) is 6.02. The Kier molecular flexibility index (Phi) is 5.61. The minimum Gasteiger partial charge on any atom is -0.502 e. The average molecular weight is 363 g/mol. The number of nitro benzene ring substituents is 1. The van der Waals surface area contributed by atoms with Crippen molar-refractivity contribution in [1.29, 1.82) is 5.26 Å². The number of hydrogen-bond acceptors (Lipinski definition) is 8. The molecule has 10 heteroatoms. The number of nitro groups is 1. The molecule has 1 aliphatic rings. The van der Waals surface area contributed by atoms with Crippen molar-refractivity contribution < 1.29 is 24.4 Å². The number of nitriles is 1. The van der Waals surface area contributed by atoms with E-state index in [2.05, 4.69) is 10.1 Å². The molecule has 1 aromatic rings. The first-order valence-electron chi connectivity index (χ1n) is 6.98. The Bertz CT molecular complexity index is 814. The van der Waals surface area contributed by atoms with Crippen LogP contribution in [0, 0.1) is 21.4 Å². The molecule has 0 fully saturated rings. The lowest BCUT2D eigenvalue weighted by Crippen LogP contribution is -2.31. The van der Waals surface area contributed by atoms with E-state index in [1.54, 1.807) is 0 Å². The SMILES string of the molecule is COC(=O)CSC1=C(C#N)[C@@H](c2ccc(O)c([N+](=O)[O-])c2)CC(=O)N1.